The molecule has 1 fully saturated rings. The summed E-state index contributed by atoms with van der Waals surface area (Å²) in [5.41, 5.74) is 3.09. The molecule has 2 unspecified atom stereocenters. The Kier molecular flexibility index (Phi) is 8.10. The normalized spacial score (nSPS) is 17.5. The first kappa shape index (κ1) is 23.3. The van der Waals surface area contributed by atoms with Crippen LogP contribution in [0.25, 0.3) is 0 Å². The summed E-state index contributed by atoms with van der Waals surface area (Å²) < 4.78 is 0. The molecule has 6 heteroatoms. The Labute approximate surface area is 190 Å². The van der Waals surface area contributed by atoms with E-state index < -0.39 is 0 Å². The average molecular weight is 442 g/mol. The number of nitrogens with zero attached hydrogens (tertiary/aromatic N) is 2. The molecule has 5 nitrogen and oxygen atoms in total. The Morgan fingerprint density at radius 2 is 1.81 bits per heavy atom. The third-order valence-corrected chi connectivity index (χ3v) is 6.29. The summed E-state index contributed by atoms with van der Waals surface area (Å²) in [5.74, 6) is -0.211. The summed E-state index contributed by atoms with van der Waals surface area (Å²) in [7, 11) is 4.05. The van der Waals surface area contributed by atoms with E-state index >= 15 is 0 Å². The van der Waals surface area contributed by atoms with Gasteiger partial charge in [-0.2, -0.15) is 0 Å². The number of amides is 2. The van der Waals surface area contributed by atoms with E-state index in [9.17, 15) is 9.59 Å². The monoisotopic (exact) mass is 441 g/mol. The van der Waals surface area contributed by atoms with Crippen LogP contribution in [-0.4, -0.2) is 55.3 Å². The lowest BCUT2D eigenvalue weighted by Crippen LogP contribution is -2.46. The smallest absolute Gasteiger partial charge is 0.253 e. The van der Waals surface area contributed by atoms with E-state index in [1.165, 1.54) is 11.1 Å². The highest BCUT2D eigenvalue weighted by Gasteiger charge is 2.29. The van der Waals surface area contributed by atoms with Crippen LogP contribution in [0.4, 0.5) is 0 Å². The third kappa shape index (κ3) is 6.08. The number of carbonyl (C=O) groups is 2. The van der Waals surface area contributed by atoms with Crippen molar-refractivity contribution in [2.45, 2.75) is 32.2 Å². The molecule has 0 aliphatic carbocycles. The second-order valence-corrected chi connectivity index (χ2v) is 8.85. The highest BCUT2D eigenvalue weighted by Crippen LogP contribution is 2.22. The highest BCUT2D eigenvalue weighted by molar-refractivity contribution is 6.30. The first-order chi connectivity index (χ1) is 14.9. The van der Waals surface area contributed by atoms with Gasteiger partial charge in [0.1, 0.15) is 0 Å². The van der Waals surface area contributed by atoms with Gasteiger partial charge in [0.2, 0.25) is 5.91 Å². The summed E-state index contributed by atoms with van der Waals surface area (Å²) in [5, 5.41) is 3.74. The lowest BCUT2D eigenvalue weighted by molar-refractivity contribution is -0.126. The molecular weight excluding hydrogens is 410 g/mol. The molecule has 0 saturated carbocycles. The zero-order valence-electron chi connectivity index (χ0n) is 18.6. The quantitative estimate of drug-likeness (QED) is 0.701. The second-order valence-electron chi connectivity index (χ2n) is 8.42. The van der Waals surface area contributed by atoms with Crippen molar-refractivity contribution < 1.29 is 9.59 Å². The van der Waals surface area contributed by atoms with Crippen molar-refractivity contribution >= 4 is 23.4 Å². The SMILES string of the molecule is CCc1ccc(C(CNC(=O)C2CCCN(C(=O)c3ccc(Cl)cc3)C2)N(C)C)cc1. The molecule has 166 valence electrons. The number of aryl methyl sites for hydroxylation is 1. The van der Waals surface area contributed by atoms with Gasteiger partial charge >= 0.3 is 0 Å². The lowest BCUT2D eigenvalue weighted by atomic mass is 9.96. The van der Waals surface area contributed by atoms with E-state index in [4.69, 9.17) is 11.6 Å². The Balaban J connectivity index is 1.59. The number of benzene rings is 2. The molecular formula is C25H32ClN3O2. The van der Waals surface area contributed by atoms with Crippen LogP contribution in [-0.2, 0) is 11.2 Å². The van der Waals surface area contributed by atoms with Crippen molar-refractivity contribution in [3.8, 4) is 0 Å². The third-order valence-electron chi connectivity index (χ3n) is 6.04. The number of likely N-dealkylation sites (N-methyl/N-ethyl adjacent to an activating group) is 1. The fourth-order valence-electron chi connectivity index (χ4n) is 4.07. The Morgan fingerprint density at radius 3 is 2.42 bits per heavy atom. The number of halogens is 1. The molecule has 0 bridgehead atoms. The van der Waals surface area contributed by atoms with Gasteiger partial charge < -0.3 is 15.1 Å². The van der Waals surface area contributed by atoms with Gasteiger partial charge in [0.05, 0.1) is 12.0 Å². The van der Waals surface area contributed by atoms with Crippen LogP contribution in [0.2, 0.25) is 5.02 Å². The van der Waals surface area contributed by atoms with Gasteiger partial charge in [-0.3, -0.25) is 9.59 Å². The molecule has 2 aromatic rings. The van der Waals surface area contributed by atoms with E-state index in [1.54, 1.807) is 29.2 Å². The number of rotatable bonds is 7. The molecule has 1 aliphatic heterocycles. The van der Waals surface area contributed by atoms with Crippen LogP contribution in [0, 0.1) is 5.92 Å². The van der Waals surface area contributed by atoms with E-state index in [2.05, 4.69) is 41.4 Å². The molecule has 2 aromatic carbocycles. The molecule has 2 amide bonds. The summed E-state index contributed by atoms with van der Waals surface area (Å²) in [6.45, 7) is 3.81. The van der Waals surface area contributed by atoms with Crippen molar-refractivity contribution in [1.29, 1.82) is 0 Å². The Hall–Kier alpha value is -2.37. The van der Waals surface area contributed by atoms with Gasteiger partial charge in [-0.05, 0) is 68.8 Å². The summed E-state index contributed by atoms with van der Waals surface area (Å²) in [4.78, 5) is 29.6. The largest absolute Gasteiger partial charge is 0.354 e. The molecule has 31 heavy (non-hydrogen) atoms. The van der Waals surface area contributed by atoms with E-state index in [1.807, 2.05) is 14.1 Å². The zero-order valence-corrected chi connectivity index (χ0v) is 19.4. The van der Waals surface area contributed by atoms with Crippen LogP contribution in [0.15, 0.2) is 48.5 Å². The molecule has 0 radical (unpaired) electrons. The first-order valence-corrected chi connectivity index (χ1v) is 11.3. The molecule has 3 rings (SSSR count). The number of nitrogens with one attached hydrogen (secondary N) is 1. The van der Waals surface area contributed by atoms with E-state index in [-0.39, 0.29) is 23.8 Å². The average Bonchev–Trinajstić information content (AvgIpc) is 2.79. The minimum atomic E-state index is -0.185. The van der Waals surface area contributed by atoms with Gasteiger partial charge in [-0.25, -0.2) is 0 Å². The molecule has 0 aromatic heterocycles. The molecule has 1 aliphatic rings. The molecule has 2 atom stereocenters. The van der Waals surface area contributed by atoms with Gasteiger partial charge in [-0.15, -0.1) is 0 Å². The number of hydrogen-bond acceptors (Lipinski definition) is 3. The highest BCUT2D eigenvalue weighted by atomic mass is 35.5. The second kappa shape index (κ2) is 10.8. The molecule has 1 heterocycles. The number of carbonyl (C=O) groups excluding carboxylic acids is 2. The summed E-state index contributed by atoms with van der Waals surface area (Å²) >= 11 is 5.93. The summed E-state index contributed by atoms with van der Waals surface area (Å²) in [6, 6.07) is 15.6. The molecule has 0 spiro atoms. The van der Waals surface area contributed by atoms with Gasteiger partial charge in [0, 0.05) is 30.2 Å². The fraction of sp³-hybridized carbons (Fsp3) is 0.440. The predicted octanol–water partition coefficient (Wildman–Crippen LogP) is 4.17. The van der Waals surface area contributed by atoms with Crippen LogP contribution in [0.3, 0.4) is 0 Å². The maximum absolute atomic E-state index is 12.9. The molecule has 1 saturated heterocycles. The topological polar surface area (TPSA) is 52.7 Å². The van der Waals surface area contributed by atoms with Crippen molar-refractivity contribution in [3.63, 3.8) is 0 Å². The lowest BCUT2D eigenvalue weighted by Gasteiger charge is -2.33. The van der Waals surface area contributed by atoms with Crippen molar-refractivity contribution in [2.75, 3.05) is 33.7 Å². The molecule has 1 N–H and O–H groups in total. The van der Waals surface area contributed by atoms with Crippen LogP contribution in [0.5, 0.6) is 0 Å². The van der Waals surface area contributed by atoms with Crippen molar-refractivity contribution in [3.05, 3.63) is 70.2 Å². The van der Waals surface area contributed by atoms with Crippen LogP contribution >= 0.6 is 11.6 Å². The Morgan fingerprint density at radius 1 is 1.13 bits per heavy atom. The Bertz CT molecular complexity index is 881. The first-order valence-electron chi connectivity index (χ1n) is 11.0. The number of hydrogen-bond donors (Lipinski definition) is 1. The standard InChI is InChI=1S/C25H32ClN3O2/c1-4-18-7-9-19(10-8-18)23(28(2)3)16-27-24(30)21-6-5-15-29(17-21)25(31)20-11-13-22(26)14-12-20/h7-14,21,23H,4-6,15-17H2,1-3H3,(H,27,30). The fourth-order valence-corrected chi connectivity index (χ4v) is 4.19. The van der Waals surface area contributed by atoms with E-state index in [0.717, 1.165) is 19.3 Å². The minimum Gasteiger partial charge on any atom is -0.354 e. The van der Waals surface area contributed by atoms with Gasteiger partial charge in [0.15, 0.2) is 0 Å². The van der Waals surface area contributed by atoms with Crippen LogP contribution < -0.4 is 5.32 Å². The maximum Gasteiger partial charge on any atom is 0.253 e. The minimum absolute atomic E-state index is 0.0191. The number of piperidine rings is 1. The van der Waals surface area contributed by atoms with Crippen molar-refractivity contribution in [1.82, 2.24) is 15.1 Å². The van der Waals surface area contributed by atoms with Crippen molar-refractivity contribution in [2.24, 2.45) is 5.92 Å². The van der Waals surface area contributed by atoms with Gasteiger partial charge in [0.25, 0.3) is 5.91 Å². The predicted molar refractivity (Wildman–Crippen MR) is 125 cm³/mol. The van der Waals surface area contributed by atoms with E-state index in [0.29, 0.717) is 30.2 Å². The summed E-state index contributed by atoms with van der Waals surface area (Å²) in [6.07, 6.45) is 2.64. The maximum atomic E-state index is 12.9. The number of likely N-dealkylation sites (tertiary alicyclic amines) is 1. The van der Waals surface area contributed by atoms with Gasteiger partial charge in [-0.1, -0.05) is 42.8 Å². The van der Waals surface area contributed by atoms with Crippen LogP contribution in [0.1, 0.15) is 47.3 Å². The zero-order chi connectivity index (χ0) is 22.4.